The zero-order chi connectivity index (χ0) is 13.0. The first-order valence-corrected chi connectivity index (χ1v) is 7.86. The van der Waals surface area contributed by atoms with Crippen molar-refractivity contribution in [3.8, 4) is 0 Å². The van der Waals surface area contributed by atoms with Crippen LogP contribution in [0.3, 0.4) is 0 Å². The fourth-order valence-corrected chi connectivity index (χ4v) is 2.43. The van der Waals surface area contributed by atoms with Crippen molar-refractivity contribution in [2.45, 2.75) is 39.5 Å². The molecule has 0 aromatic rings. The molecule has 0 aliphatic rings. The predicted octanol–water partition coefficient (Wildman–Crippen LogP) is 2.96. The van der Waals surface area contributed by atoms with Crippen molar-refractivity contribution in [1.82, 2.24) is 5.09 Å². The van der Waals surface area contributed by atoms with Crippen LogP contribution in [0.4, 0.5) is 0 Å². The van der Waals surface area contributed by atoms with E-state index in [1.807, 2.05) is 0 Å². The molecule has 17 heavy (non-hydrogen) atoms. The molecule has 0 spiro atoms. The number of ether oxygens (including phenoxy) is 1. The molecule has 0 saturated carbocycles. The number of nitrogens with one attached hydrogen (secondary N) is 1. The molecular weight excluding hydrogens is 241 g/mol. The van der Waals surface area contributed by atoms with Crippen molar-refractivity contribution in [2.24, 2.45) is 0 Å². The first kappa shape index (κ1) is 17.1. The van der Waals surface area contributed by atoms with E-state index < -0.39 is 7.75 Å². The van der Waals surface area contributed by atoms with E-state index in [1.54, 1.807) is 7.11 Å². The predicted molar refractivity (Wildman–Crippen MR) is 69.2 cm³/mol. The first-order chi connectivity index (χ1) is 8.18. The SMILES string of the molecule is CCCCOP(=O)(NCCOC)OCCCC. The number of methoxy groups -OCH3 is 1. The van der Waals surface area contributed by atoms with Gasteiger partial charge in [-0.05, 0) is 12.8 Å². The van der Waals surface area contributed by atoms with Gasteiger partial charge >= 0.3 is 7.75 Å². The fourth-order valence-electron chi connectivity index (χ4n) is 1.07. The van der Waals surface area contributed by atoms with E-state index in [0.29, 0.717) is 26.4 Å². The summed E-state index contributed by atoms with van der Waals surface area (Å²) >= 11 is 0. The van der Waals surface area contributed by atoms with Gasteiger partial charge in [0.25, 0.3) is 0 Å². The molecule has 6 heteroatoms. The van der Waals surface area contributed by atoms with Crippen molar-refractivity contribution in [2.75, 3.05) is 33.5 Å². The van der Waals surface area contributed by atoms with Crippen molar-refractivity contribution in [1.29, 1.82) is 0 Å². The highest BCUT2D eigenvalue weighted by molar-refractivity contribution is 7.51. The van der Waals surface area contributed by atoms with Gasteiger partial charge in [0.1, 0.15) is 0 Å². The molecule has 5 nitrogen and oxygen atoms in total. The Hall–Kier alpha value is 0.0700. The molecule has 104 valence electrons. The normalized spacial score (nSPS) is 11.9. The minimum absolute atomic E-state index is 0.458. The zero-order valence-corrected chi connectivity index (χ0v) is 12.1. The van der Waals surface area contributed by atoms with Crippen molar-refractivity contribution in [3.05, 3.63) is 0 Å². The molecule has 0 aliphatic carbocycles. The van der Waals surface area contributed by atoms with Crippen molar-refractivity contribution < 1.29 is 18.3 Å². The Morgan fingerprint density at radius 1 is 1.00 bits per heavy atom. The topological polar surface area (TPSA) is 56.8 Å². The van der Waals surface area contributed by atoms with Crippen LogP contribution in [0.15, 0.2) is 0 Å². The molecular formula is C11H26NO4P. The molecule has 0 amide bonds. The third-order valence-corrected chi connectivity index (χ3v) is 3.79. The standard InChI is InChI=1S/C11H26NO4P/c1-4-6-9-15-17(13,12-8-11-14-3)16-10-7-5-2/h4-11H2,1-3H3,(H,12,13). The Balaban J connectivity index is 4.00. The Labute approximate surface area is 105 Å². The van der Waals surface area contributed by atoms with Crippen LogP contribution in [-0.4, -0.2) is 33.5 Å². The lowest BCUT2D eigenvalue weighted by molar-refractivity contribution is 0.176. The molecule has 0 rings (SSSR count). The van der Waals surface area contributed by atoms with E-state index >= 15 is 0 Å². The Morgan fingerprint density at radius 3 is 1.94 bits per heavy atom. The molecule has 0 aliphatic heterocycles. The second-order valence-electron chi connectivity index (χ2n) is 3.77. The van der Waals surface area contributed by atoms with E-state index in [1.165, 1.54) is 0 Å². The van der Waals surface area contributed by atoms with Gasteiger partial charge in [0.05, 0.1) is 19.8 Å². The summed E-state index contributed by atoms with van der Waals surface area (Å²) in [6, 6.07) is 0. The third kappa shape index (κ3) is 9.74. The zero-order valence-electron chi connectivity index (χ0n) is 11.2. The number of hydrogen-bond donors (Lipinski definition) is 1. The van der Waals surface area contributed by atoms with Gasteiger partial charge in [-0.2, -0.15) is 0 Å². The van der Waals surface area contributed by atoms with Gasteiger partial charge in [-0.25, -0.2) is 9.65 Å². The van der Waals surface area contributed by atoms with E-state index in [9.17, 15) is 4.57 Å². The van der Waals surface area contributed by atoms with Crippen LogP contribution in [0, 0.1) is 0 Å². The average molecular weight is 267 g/mol. The number of rotatable bonds is 12. The van der Waals surface area contributed by atoms with Gasteiger partial charge in [0.15, 0.2) is 0 Å². The summed E-state index contributed by atoms with van der Waals surface area (Å²) < 4.78 is 27.8. The summed E-state index contributed by atoms with van der Waals surface area (Å²) in [7, 11) is -1.54. The number of unbranched alkanes of at least 4 members (excludes halogenated alkanes) is 2. The maximum atomic E-state index is 12.2. The van der Waals surface area contributed by atoms with E-state index in [4.69, 9.17) is 13.8 Å². The van der Waals surface area contributed by atoms with E-state index in [-0.39, 0.29) is 0 Å². The molecule has 0 unspecified atom stereocenters. The summed E-state index contributed by atoms with van der Waals surface area (Å²) in [5.74, 6) is 0. The van der Waals surface area contributed by atoms with Gasteiger partial charge in [0, 0.05) is 13.7 Å². The summed E-state index contributed by atoms with van der Waals surface area (Å²) in [6.45, 7) is 5.99. The van der Waals surface area contributed by atoms with E-state index in [2.05, 4.69) is 18.9 Å². The fraction of sp³-hybridized carbons (Fsp3) is 1.00. The van der Waals surface area contributed by atoms with Gasteiger partial charge in [-0.1, -0.05) is 26.7 Å². The van der Waals surface area contributed by atoms with Crippen LogP contribution < -0.4 is 5.09 Å². The summed E-state index contributed by atoms with van der Waals surface area (Å²) in [5.41, 5.74) is 0. The van der Waals surface area contributed by atoms with Gasteiger partial charge in [0.2, 0.25) is 0 Å². The summed E-state index contributed by atoms with van der Waals surface area (Å²) in [5, 5.41) is 2.80. The number of hydrogen-bond acceptors (Lipinski definition) is 4. The van der Waals surface area contributed by atoms with Crippen LogP contribution in [0.2, 0.25) is 0 Å². The molecule has 0 aromatic heterocycles. The molecule has 0 atom stereocenters. The minimum atomic E-state index is -3.14. The molecule has 0 radical (unpaired) electrons. The lowest BCUT2D eigenvalue weighted by Crippen LogP contribution is -2.20. The van der Waals surface area contributed by atoms with Gasteiger partial charge in [-0.15, -0.1) is 0 Å². The van der Waals surface area contributed by atoms with E-state index in [0.717, 1.165) is 25.7 Å². The molecule has 0 aromatic carbocycles. The maximum Gasteiger partial charge on any atom is 0.405 e. The van der Waals surface area contributed by atoms with Crippen molar-refractivity contribution >= 4 is 7.75 Å². The molecule has 1 N–H and O–H groups in total. The van der Waals surface area contributed by atoms with Gasteiger partial charge < -0.3 is 4.74 Å². The van der Waals surface area contributed by atoms with Crippen LogP contribution in [-0.2, 0) is 18.3 Å². The quantitative estimate of drug-likeness (QED) is 0.435. The highest BCUT2D eigenvalue weighted by Crippen LogP contribution is 2.43. The first-order valence-electron chi connectivity index (χ1n) is 6.31. The summed E-state index contributed by atoms with van der Waals surface area (Å²) in [4.78, 5) is 0. The van der Waals surface area contributed by atoms with Crippen LogP contribution in [0.5, 0.6) is 0 Å². The molecule has 0 bridgehead atoms. The maximum absolute atomic E-state index is 12.2. The summed E-state index contributed by atoms with van der Waals surface area (Å²) in [6.07, 6.45) is 3.78. The molecule has 0 fully saturated rings. The Kier molecular flexibility index (Phi) is 11.2. The molecule has 0 heterocycles. The Morgan fingerprint density at radius 2 is 1.53 bits per heavy atom. The smallest absolute Gasteiger partial charge is 0.383 e. The Bertz CT molecular complexity index is 180. The highest BCUT2D eigenvalue weighted by Gasteiger charge is 2.23. The second kappa shape index (κ2) is 11.2. The monoisotopic (exact) mass is 267 g/mol. The van der Waals surface area contributed by atoms with Crippen LogP contribution in [0.1, 0.15) is 39.5 Å². The minimum Gasteiger partial charge on any atom is -0.383 e. The second-order valence-corrected chi connectivity index (χ2v) is 5.60. The van der Waals surface area contributed by atoms with Crippen LogP contribution >= 0.6 is 7.75 Å². The largest absolute Gasteiger partial charge is 0.405 e. The highest BCUT2D eigenvalue weighted by atomic mass is 31.2. The average Bonchev–Trinajstić information content (AvgIpc) is 2.30. The third-order valence-electron chi connectivity index (χ3n) is 2.13. The lowest BCUT2D eigenvalue weighted by Gasteiger charge is -2.19. The lowest BCUT2D eigenvalue weighted by atomic mass is 10.4. The molecule has 0 saturated heterocycles. The van der Waals surface area contributed by atoms with Crippen LogP contribution in [0.25, 0.3) is 0 Å². The van der Waals surface area contributed by atoms with Crippen molar-refractivity contribution in [3.63, 3.8) is 0 Å². The van der Waals surface area contributed by atoms with Gasteiger partial charge in [-0.3, -0.25) is 9.05 Å².